The van der Waals surface area contributed by atoms with Gasteiger partial charge in [0.25, 0.3) is 5.91 Å². The molecule has 0 aliphatic carbocycles. The van der Waals surface area contributed by atoms with E-state index < -0.39 is 0 Å². The lowest BCUT2D eigenvalue weighted by Crippen LogP contribution is -2.19. The number of benzene rings is 2. The van der Waals surface area contributed by atoms with E-state index in [9.17, 15) is 9.18 Å². The van der Waals surface area contributed by atoms with Gasteiger partial charge in [0.05, 0.1) is 0 Å². The fourth-order valence-corrected chi connectivity index (χ4v) is 3.20. The minimum absolute atomic E-state index is 0.133. The predicted molar refractivity (Wildman–Crippen MR) is 103 cm³/mol. The van der Waals surface area contributed by atoms with Crippen LogP contribution in [0.1, 0.15) is 38.4 Å². The largest absolute Gasteiger partial charge is 0.336 e. The molecule has 0 atom stereocenters. The van der Waals surface area contributed by atoms with Gasteiger partial charge in [-0.3, -0.25) is 4.79 Å². The van der Waals surface area contributed by atoms with Gasteiger partial charge in [0.15, 0.2) is 0 Å². The Balaban J connectivity index is 1.96. The molecule has 0 fully saturated rings. The standard InChI is InChI=1S/C22H23FN2O/c1-14-6-5-7-20(12-14)24-22(26)21-16(3)15(2)17(4)25(21)13-18-8-10-19(23)11-9-18/h5-12H,13H2,1-4H3,(H,24,26). The van der Waals surface area contributed by atoms with E-state index >= 15 is 0 Å². The summed E-state index contributed by atoms with van der Waals surface area (Å²) in [7, 11) is 0. The second-order valence-electron chi connectivity index (χ2n) is 6.72. The van der Waals surface area contributed by atoms with Gasteiger partial charge in [0, 0.05) is 17.9 Å². The molecule has 1 heterocycles. The highest BCUT2D eigenvalue weighted by molar-refractivity contribution is 6.04. The van der Waals surface area contributed by atoms with Gasteiger partial charge >= 0.3 is 0 Å². The lowest BCUT2D eigenvalue weighted by atomic mass is 10.1. The Hall–Kier alpha value is -2.88. The molecule has 0 aliphatic rings. The number of halogens is 1. The fourth-order valence-electron chi connectivity index (χ4n) is 3.20. The molecule has 1 amide bonds. The van der Waals surface area contributed by atoms with Gasteiger partial charge in [-0.05, 0) is 74.2 Å². The normalized spacial score (nSPS) is 10.8. The van der Waals surface area contributed by atoms with Crippen LogP contribution in [0, 0.1) is 33.5 Å². The first-order chi connectivity index (χ1) is 12.4. The van der Waals surface area contributed by atoms with Crippen molar-refractivity contribution < 1.29 is 9.18 Å². The molecule has 0 radical (unpaired) electrons. The predicted octanol–water partition coefficient (Wildman–Crippen LogP) is 5.16. The Morgan fingerprint density at radius 1 is 1.00 bits per heavy atom. The highest BCUT2D eigenvalue weighted by atomic mass is 19.1. The summed E-state index contributed by atoms with van der Waals surface area (Å²) in [5.74, 6) is -0.394. The number of hydrogen-bond acceptors (Lipinski definition) is 1. The topological polar surface area (TPSA) is 34.0 Å². The smallest absolute Gasteiger partial charge is 0.272 e. The average molecular weight is 350 g/mol. The maximum Gasteiger partial charge on any atom is 0.272 e. The molecule has 0 unspecified atom stereocenters. The zero-order chi connectivity index (χ0) is 18.8. The van der Waals surface area contributed by atoms with E-state index in [-0.39, 0.29) is 11.7 Å². The highest BCUT2D eigenvalue weighted by Crippen LogP contribution is 2.24. The molecule has 0 saturated carbocycles. The molecule has 0 bridgehead atoms. The second kappa shape index (κ2) is 7.16. The van der Waals surface area contributed by atoms with E-state index in [2.05, 4.69) is 5.32 Å². The number of carbonyl (C=O) groups is 1. The molecule has 0 aliphatic heterocycles. The number of nitrogens with zero attached hydrogens (tertiary/aromatic N) is 1. The van der Waals surface area contributed by atoms with Gasteiger partial charge in [-0.25, -0.2) is 4.39 Å². The van der Waals surface area contributed by atoms with Crippen LogP contribution in [-0.2, 0) is 6.54 Å². The zero-order valence-electron chi connectivity index (χ0n) is 15.6. The lowest BCUT2D eigenvalue weighted by molar-refractivity contribution is 0.101. The first kappa shape index (κ1) is 17.9. The Morgan fingerprint density at radius 3 is 2.35 bits per heavy atom. The first-order valence-electron chi connectivity index (χ1n) is 8.65. The van der Waals surface area contributed by atoms with E-state index in [1.54, 1.807) is 12.1 Å². The van der Waals surface area contributed by atoms with Crippen LogP contribution in [0.3, 0.4) is 0 Å². The number of carbonyl (C=O) groups excluding carboxylic acids is 1. The number of nitrogens with one attached hydrogen (secondary N) is 1. The summed E-state index contributed by atoms with van der Waals surface area (Å²) >= 11 is 0. The molecule has 3 rings (SSSR count). The van der Waals surface area contributed by atoms with Gasteiger partial charge in [-0.2, -0.15) is 0 Å². The first-order valence-corrected chi connectivity index (χ1v) is 8.65. The van der Waals surface area contributed by atoms with Crippen molar-refractivity contribution in [2.24, 2.45) is 0 Å². The molecule has 3 aromatic rings. The highest BCUT2D eigenvalue weighted by Gasteiger charge is 2.21. The van der Waals surface area contributed by atoms with Crippen molar-refractivity contribution in [2.45, 2.75) is 34.2 Å². The third-order valence-electron chi connectivity index (χ3n) is 4.88. The number of aryl methyl sites for hydroxylation is 1. The summed E-state index contributed by atoms with van der Waals surface area (Å²) in [4.78, 5) is 13.0. The third-order valence-corrected chi connectivity index (χ3v) is 4.88. The summed E-state index contributed by atoms with van der Waals surface area (Å²) < 4.78 is 15.2. The van der Waals surface area contributed by atoms with Crippen molar-refractivity contribution in [1.29, 1.82) is 0 Å². The van der Waals surface area contributed by atoms with Gasteiger partial charge in [-0.1, -0.05) is 24.3 Å². The molecule has 0 saturated heterocycles. The molecule has 2 aromatic carbocycles. The van der Waals surface area contributed by atoms with Crippen LogP contribution in [-0.4, -0.2) is 10.5 Å². The van der Waals surface area contributed by atoms with Crippen molar-refractivity contribution >= 4 is 11.6 Å². The van der Waals surface area contributed by atoms with Crippen molar-refractivity contribution in [1.82, 2.24) is 4.57 Å². The van der Waals surface area contributed by atoms with Crippen LogP contribution in [0.5, 0.6) is 0 Å². The fraction of sp³-hybridized carbons (Fsp3) is 0.227. The van der Waals surface area contributed by atoms with E-state index in [1.807, 2.05) is 56.5 Å². The molecule has 1 aromatic heterocycles. The van der Waals surface area contributed by atoms with Crippen molar-refractivity contribution in [3.63, 3.8) is 0 Å². The Kier molecular flexibility index (Phi) is 4.94. The van der Waals surface area contributed by atoms with Crippen LogP contribution in [0.25, 0.3) is 0 Å². The zero-order valence-corrected chi connectivity index (χ0v) is 15.6. The van der Waals surface area contributed by atoms with E-state index in [1.165, 1.54) is 12.1 Å². The van der Waals surface area contributed by atoms with Gasteiger partial charge in [0.2, 0.25) is 0 Å². The van der Waals surface area contributed by atoms with Crippen molar-refractivity contribution in [2.75, 3.05) is 5.32 Å². The summed E-state index contributed by atoms with van der Waals surface area (Å²) in [6.45, 7) is 8.52. The van der Waals surface area contributed by atoms with Crippen LogP contribution in [0.4, 0.5) is 10.1 Å². The molecule has 26 heavy (non-hydrogen) atoms. The van der Waals surface area contributed by atoms with Gasteiger partial charge in [0.1, 0.15) is 11.5 Å². The molecule has 0 spiro atoms. The number of hydrogen-bond donors (Lipinski definition) is 1. The maximum atomic E-state index is 13.2. The lowest BCUT2D eigenvalue weighted by Gasteiger charge is -2.13. The molecule has 3 nitrogen and oxygen atoms in total. The van der Waals surface area contributed by atoms with Gasteiger partial charge in [-0.15, -0.1) is 0 Å². The Labute approximate surface area is 153 Å². The maximum absolute atomic E-state index is 13.2. The van der Waals surface area contributed by atoms with Crippen LogP contribution in [0.15, 0.2) is 48.5 Å². The second-order valence-corrected chi connectivity index (χ2v) is 6.72. The summed E-state index contributed by atoms with van der Waals surface area (Å²) in [6, 6.07) is 14.1. The molecular formula is C22H23FN2O. The molecule has 4 heteroatoms. The van der Waals surface area contributed by atoms with E-state index in [4.69, 9.17) is 0 Å². The SMILES string of the molecule is Cc1cccc(NC(=O)c2c(C)c(C)c(C)n2Cc2ccc(F)cc2)c1. The van der Waals surface area contributed by atoms with E-state index in [0.717, 1.165) is 33.6 Å². The van der Waals surface area contributed by atoms with Crippen molar-refractivity contribution in [3.05, 3.63) is 88.0 Å². The number of anilines is 1. The van der Waals surface area contributed by atoms with Crippen LogP contribution < -0.4 is 5.32 Å². The van der Waals surface area contributed by atoms with E-state index in [0.29, 0.717) is 12.2 Å². The minimum Gasteiger partial charge on any atom is -0.336 e. The number of amides is 1. The van der Waals surface area contributed by atoms with Crippen LogP contribution in [0.2, 0.25) is 0 Å². The number of aromatic nitrogens is 1. The molecule has 1 N–H and O–H groups in total. The molecule has 134 valence electrons. The summed E-state index contributed by atoms with van der Waals surface area (Å²) in [5, 5.41) is 3.00. The number of rotatable bonds is 4. The Morgan fingerprint density at radius 2 is 1.69 bits per heavy atom. The molecular weight excluding hydrogens is 327 g/mol. The summed E-state index contributed by atoms with van der Waals surface area (Å²) in [6.07, 6.45) is 0. The van der Waals surface area contributed by atoms with Gasteiger partial charge < -0.3 is 9.88 Å². The van der Waals surface area contributed by atoms with Crippen LogP contribution >= 0.6 is 0 Å². The Bertz CT molecular complexity index is 955. The quantitative estimate of drug-likeness (QED) is 0.693. The minimum atomic E-state index is -0.261. The summed E-state index contributed by atoms with van der Waals surface area (Å²) in [5.41, 5.74) is 6.57. The third kappa shape index (κ3) is 3.54. The monoisotopic (exact) mass is 350 g/mol. The van der Waals surface area contributed by atoms with Crippen molar-refractivity contribution in [3.8, 4) is 0 Å². The average Bonchev–Trinajstić information content (AvgIpc) is 2.81.